The van der Waals surface area contributed by atoms with Crippen LogP contribution in [0, 0.1) is 17.2 Å². The number of benzene rings is 2. The van der Waals surface area contributed by atoms with Gasteiger partial charge in [-0.3, -0.25) is 4.79 Å². The largest absolute Gasteiger partial charge is 0.497 e. The zero-order valence-corrected chi connectivity index (χ0v) is 15.1. The maximum atomic E-state index is 12.2. The molecule has 5 nitrogen and oxygen atoms in total. The van der Waals surface area contributed by atoms with Gasteiger partial charge in [-0.2, -0.15) is 10.3 Å². The lowest BCUT2D eigenvalue weighted by Gasteiger charge is -2.16. The molecule has 1 unspecified atom stereocenters. The molecule has 0 bridgehead atoms. The Balaban J connectivity index is 1.76. The summed E-state index contributed by atoms with van der Waals surface area (Å²) in [5.41, 5.74) is 2.39. The third-order valence-electron chi connectivity index (χ3n) is 3.92. The number of aliphatic imine (C=N–C) groups is 2. The lowest BCUT2D eigenvalue weighted by molar-refractivity contribution is -0.118. The molecule has 26 heavy (non-hydrogen) atoms. The third kappa shape index (κ3) is 4.19. The molecular weight excluding hydrogens is 346 g/mol. The van der Waals surface area contributed by atoms with E-state index in [1.165, 1.54) is 17.3 Å². The van der Waals surface area contributed by atoms with Crippen molar-refractivity contribution in [1.82, 2.24) is 0 Å². The average molecular weight is 363 g/mol. The van der Waals surface area contributed by atoms with Crippen LogP contribution in [-0.4, -0.2) is 29.6 Å². The van der Waals surface area contributed by atoms with E-state index in [1.807, 2.05) is 24.3 Å². The van der Waals surface area contributed by atoms with Crippen molar-refractivity contribution in [2.75, 3.05) is 12.9 Å². The van der Waals surface area contributed by atoms with Crippen LogP contribution in [0.5, 0.6) is 5.75 Å². The van der Waals surface area contributed by atoms with Crippen LogP contribution in [-0.2, 0) is 11.2 Å². The summed E-state index contributed by atoms with van der Waals surface area (Å²) in [7, 11) is 1.59. The van der Waals surface area contributed by atoms with Crippen molar-refractivity contribution in [3.8, 4) is 11.8 Å². The van der Waals surface area contributed by atoms with Gasteiger partial charge in [-0.05, 0) is 41.8 Å². The molecule has 0 spiro atoms. The average Bonchev–Trinajstić information content (AvgIpc) is 2.68. The first-order chi connectivity index (χ1) is 12.7. The molecule has 2 aromatic carbocycles. The molecule has 0 fully saturated rings. The normalized spacial score (nSPS) is 16.5. The molecule has 0 aliphatic carbocycles. The number of hydrogen-bond donors (Lipinski definition) is 0. The van der Waals surface area contributed by atoms with E-state index in [0.29, 0.717) is 16.6 Å². The molecule has 0 saturated carbocycles. The predicted molar refractivity (Wildman–Crippen MR) is 104 cm³/mol. The third-order valence-corrected chi connectivity index (χ3v) is 4.77. The first kappa shape index (κ1) is 17.9. The van der Waals surface area contributed by atoms with E-state index < -0.39 is 11.8 Å². The molecule has 1 atom stereocenters. The van der Waals surface area contributed by atoms with Gasteiger partial charge in [0.05, 0.1) is 18.9 Å². The Labute approximate surface area is 156 Å². The molecule has 0 aromatic heterocycles. The van der Waals surface area contributed by atoms with Crippen LogP contribution >= 0.6 is 11.8 Å². The highest BCUT2D eigenvalue weighted by Crippen LogP contribution is 2.22. The second kappa shape index (κ2) is 8.45. The SMILES string of the molecule is COc1ccc(C2=NC(SCCc3ccccc3)=NC(=O)C2C#N)cc1. The Kier molecular flexibility index (Phi) is 5.82. The number of hydrogen-bond acceptors (Lipinski definition) is 5. The second-order valence-corrected chi connectivity index (χ2v) is 6.67. The van der Waals surface area contributed by atoms with E-state index in [1.54, 1.807) is 31.4 Å². The molecule has 3 rings (SSSR count). The van der Waals surface area contributed by atoms with Gasteiger partial charge < -0.3 is 4.74 Å². The van der Waals surface area contributed by atoms with Crippen molar-refractivity contribution >= 4 is 28.5 Å². The summed E-state index contributed by atoms with van der Waals surface area (Å²) in [4.78, 5) is 20.7. The first-order valence-corrected chi connectivity index (χ1v) is 9.11. The maximum absolute atomic E-state index is 12.2. The van der Waals surface area contributed by atoms with Crippen molar-refractivity contribution < 1.29 is 9.53 Å². The summed E-state index contributed by atoms with van der Waals surface area (Å²) in [6, 6.07) is 19.3. The summed E-state index contributed by atoms with van der Waals surface area (Å²) >= 11 is 1.42. The fourth-order valence-corrected chi connectivity index (χ4v) is 3.38. The molecule has 1 amide bonds. The molecule has 0 saturated heterocycles. The van der Waals surface area contributed by atoms with Crippen molar-refractivity contribution in [2.24, 2.45) is 15.9 Å². The number of nitrogens with zero attached hydrogens (tertiary/aromatic N) is 3. The number of ether oxygens (including phenoxy) is 1. The molecule has 1 aliphatic rings. The van der Waals surface area contributed by atoms with Crippen molar-refractivity contribution in [2.45, 2.75) is 6.42 Å². The molecule has 1 aliphatic heterocycles. The van der Waals surface area contributed by atoms with Crippen molar-refractivity contribution in [3.63, 3.8) is 0 Å². The van der Waals surface area contributed by atoms with Crippen LogP contribution in [0.4, 0.5) is 0 Å². The van der Waals surface area contributed by atoms with Crippen LogP contribution < -0.4 is 4.74 Å². The van der Waals surface area contributed by atoms with E-state index in [2.05, 4.69) is 22.1 Å². The Morgan fingerprint density at radius 2 is 1.85 bits per heavy atom. The maximum Gasteiger partial charge on any atom is 0.271 e. The molecule has 130 valence electrons. The summed E-state index contributed by atoms with van der Waals surface area (Å²) in [6.45, 7) is 0. The number of carbonyl (C=O) groups excluding carboxylic acids is 1. The van der Waals surface area contributed by atoms with Gasteiger partial charge in [-0.1, -0.05) is 42.1 Å². The van der Waals surface area contributed by atoms with E-state index in [9.17, 15) is 10.1 Å². The van der Waals surface area contributed by atoms with Crippen LogP contribution in [0.1, 0.15) is 11.1 Å². The number of amidine groups is 1. The number of rotatable bonds is 5. The molecule has 0 radical (unpaired) electrons. The van der Waals surface area contributed by atoms with Gasteiger partial charge in [-0.25, -0.2) is 4.99 Å². The van der Waals surface area contributed by atoms with Gasteiger partial charge in [-0.15, -0.1) is 0 Å². The minimum absolute atomic E-state index is 0.406. The number of aryl methyl sites for hydroxylation is 1. The Morgan fingerprint density at radius 3 is 2.50 bits per heavy atom. The summed E-state index contributed by atoms with van der Waals surface area (Å²) in [6.07, 6.45) is 0.855. The van der Waals surface area contributed by atoms with Crippen LogP contribution in [0.25, 0.3) is 0 Å². The Bertz CT molecular complexity index is 884. The molecule has 2 aromatic rings. The predicted octanol–water partition coefficient (Wildman–Crippen LogP) is 3.50. The van der Waals surface area contributed by atoms with Gasteiger partial charge >= 0.3 is 0 Å². The minimum Gasteiger partial charge on any atom is -0.497 e. The highest BCUT2D eigenvalue weighted by atomic mass is 32.2. The van der Waals surface area contributed by atoms with Gasteiger partial charge in [0.2, 0.25) is 0 Å². The van der Waals surface area contributed by atoms with Crippen LogP contribution in [0.3, 0.4) is 0 Å². The van der Waals surface area contributed by atoms with Gasteiger partial charge in [0.1, 0.15) is 5.75 Å². The van der Waals surface area contributed by atoms with E-state index in [4.69, 9.17) is 4.74 Å². The van der Waals surface area contributed by atoms with Gasteiger partial charge in [0.15, 0.2) is 11.1 Å². The fraction of sp³-hybridized carbons (Fsp3) is 0.200. The second-order valence-electron chi connectivity index (χ2n) is 5.60. The fourth-order valence-electron chi connectivity index (χ4n) is 2.55. The Hall–Kier alpha value is -2.91. The lowest BCUT2D eigenvalue weighted by Crippen LogP contribution is -2.27. The van der Waals surface area contributed by atoms with Crippen molar-refractivity contribution in [1.29, 1.82) is 5.26 Å². The number of nitriles is 1. The number of carbonyl (C=O) groups is 1. The standard InChI is InChI=1S/C20H17N3O2S/c1-25-16-9-7-15(8-10-16)18-17(13-21)19(24)23-20(22-18)26-12-11-14-5-3-2-4-6-14/h2-10,17H,11-12H2,1H3. The summed E-state index contributed by atoms with van der Waals surface area (Å²) in [5, 5.41) is 9.76. The van der Waals surface area contributed by atoms with Gasteiger partial charge in [0.25, 0.3) is 5.91 Å². The summed E-state index contributed by atoms with van der Waals surface area (Å²) in [5.74, 6) is 0.0285. The summed E-state index contributed by atoms with van der Waals surface area (Å²) < 4.78 is 5.15. The van der Waals surface area contributed by atoms with E-state index in [0.717, 1.165) is 17.7 Å². The topological polar surface area (TPSA) is 74.8 Å². The van der Waals surface area contributed by atoms with Gasteiger partial charge in [0, 0.05) is 5.75 Å². The van der Waals surface area contributed by atoms with E-state index in [-0.39, 0.29) is 0 Å². The number of methoxy groups -OCH3 is 1. The zero-order chi connectivity index (χ0) is 18.4. The first-order valence-electron chi connectivity index (χ1n) is 8.13. The zero-order valence-electron chi connectivity index (χ0n) is 14.3. The quantitative estimate of drug-likeness (QED) is 0.815. The highest BCUT2D eigenvalue weighted by Gasteiger charge is 2.30. The Morgan fingerprint density at radius 1 is 1.12 bits per heavy atom. The molecular formula is C20H17N3O2S. The lowest BCUT2D eigenvalue weighted by atomic mass is 9.96. The van der Waals surface area contributed by atoms with Crippen LogP contribution in [0.15, 0.2) is 64.6 Å². The number of amides is 1. The minimum atomic E-state index is -0.970. The molecule has 1 heterocycles. The molecule has 6 heteroatoms. The van der Waals surface area contributed by atoms with Crippen molar-refractivity contribution in [3.05, 3.63) is 65.7 Å². The number of thioether (sulfide) groups is 1. The van der Waals surface area contributed by atoms with Crippen LogP contribution in [0.2, 0.25) is 0 Å². The van der Waals surface area contributed by atoms with E-state index >= 15 is 0 Å². The monoisotopic (exact) mass is 363 g/mol. The highest BCUT2D eigenvalue weighted by molar-refractivity contribution is 8.13. The molecule has 0 N–H and O–H groups in total. The smallest absolute Gasteiger partial charge is 0.271 e.